The van der Waals surface area contributed by atoms with Crippen molar-refractivity contribution in [2.75, 3.05) is 10.7 Å². The SMILES string of the molecule is O=C(Nc1cccc(Cl)c1)c1cc2ccc(O)cc2o/c1=N\Nc1ccc(Br)cc1. The van der Waals surface area contributed by atoms with Gasteiger partial charge in [0.15, 0.2) is 0 Å². The molecule has 0 radical (unpaired) electrons. The Balaban J connectivity index is 1.76. The van der Waals surface area contributed by atoms with E-state index >= 15 is 0 Å². The number of carbonyl (C=O) groups is 1. The van der Waals surface area contributed by atoms with E-state index in [-0.39, 0.29) is 16.9 Å². The third kappa shape index (κ3) is 4.64. The van der Waals surface area contributed by atoms with E-state index in [0.717, 1.165) is 4.47 Å². The number of amides is 1. The van der Waals surface area contributed by atoms with Gasteiger partial charge in [-0.3, -0.25) is 10.2 Å². The van der Waals surface area contributed by atoms with Crippen molar-refractivity contribution in [2.24, 2.45) is 5.10 Å². The van der Waals surface area contributed by atoms with Gasteiger partial charge in [-0.25, -0.2) is 0 Å². The molecule has 4 aromatic rings. The van der Waals surface area contributed by atoms with Crippen molar-refractivity contribution in [3.63, 3.8) is 0 Å². The summed E-state index contributed by atoms with van der Waals surface area (Å²) in [6.45, 7) is 0. The molecule has 3 N–H and O–H groups in total. The van der Waals surface area contributed by atoms with E-state index < -0.39 is 5.91 Å². The van der Waals surface area contributed by atoms with Gasteiger partial charge in [0.2, 0.25) is 5.55 Å². The lowest BCUT2D eigenvalue weighted by molar-refractivity contribution is 0.102. The molecule has 1 aromatic heterocycles. The Morgan fingerprint density at radius 3 is 2.57 bits per heavy atom. The van der Waals surface area contributed by atoms with Crippen LogP contribution < -0.4 is 16.3 Å². The van der Waals surface area contributed by atoms with Gasteiger partial charge < -0.3 is 14.8 Å². The number of nitrogens with one attached hydrogen (secondary N) is 2. The second kappa shape index (κ2) is 8.61. The Morgan fingerprint density at radius 2 is 1.80 bits per heavy atom. The van der Waals surface area contributed by atoms with Crippen molar-refractivity contribution in [1.82, 2.24) is 0 Å². The Kier molecular flexibility index (Phi) is 5.74. The fourth-order valence-electron chi connectivity index (χ4n) is 2.76. The maximum Gasteiger partial charge on any atom is 0.261 e. The van der Waals surface area contributed by atoms with E-state index in [1.54, 1.807) is 36.4 Å². The van der Waals surface area contributed by atoms with Crippen molar-refractivity contribution >= 4 is 55.8 Å². The van der Waals surface area contributed by atoms with Crippen LogP contribution in [0.1, 0.15) is 10.4 Å². The third-order valence-electron chi connectivity index (χ3n) is 4.19. The predicted octanol–water partition coefficient (Wildman–Crippen LogP) is 5.73. The summed E-state index contributed by atoms with van der Waals surface area (Å²) >= 11 is 9.38. The highest BCUT2D eigenvalue weighted by Gasteiger charge is 2.14. The van der Waals surface area contributed by atoms with Gasteiger partial charge in [0.05, 0.1) is 5.69 Å². The first kappa shape index (κ1) is 20.0. The number of halogens is 2. The number of aromatic hydroxyl groups is 1. The Bertz CT molecular complexity index is 1300. The number of phenolic OH excluding ortho intramolecular Hbond substituents is 1. The summed E-state index contributed by atoms with van der Waals surface area (Å²) in [4.78, 5) is 13.0. The molecule has 0 aliphatic rings. The number of nitrogens with zero attached hydrogens (tertiary/aromatic N) is 1. The molecule has 0 aliphatic carbocycles. The highest BCUT2D eigenvalue weighted by molar-refractivity contribution is 9.10. The molecule has 0 fully saturated rings. The number of phenols is 1. The zero-order valence-corrected chi connectivity index (χ0v) is 17.7. The molecule has 0 saturated heterocycles. The molecule has 8 heteroatoms. The van der Waals surface area contributed by atoms with Crippen LogP contribution in [0.15, 0.2) is 86.8 Å². The molecule has 0 bridgehead atoms. The van der Waals surface area contributed by atoms with Crippen LogP contribution in [0.2, 0.25) is 5.02 Å². The standard InChI is InChI=1S/C22H15BrClN3O3/c23-14-5-7-16(8-6-14)26-27-22-19(10-13-4-9-18(28)12-20(13)30-22)21(29)25-17-3-1-2-15(24)11-17/h1-12,26,28H,(H,25,29)/b27-22-. The van der Waals surface area contributed by atoms with Crippen molar-refractivity contribution in [2.45, 2.75) is 0 Å². The molecule has 0 unspecified atom stereocenters. The summed E-state index contributed by atoms with van der Waals surface area (Å²) in [6, 6.07) is 20.5. The zero-order chi connectivity index (χ0) is 21.1. The van der Waals surface area contributed by atoms with Crippen molar-refractivity contribution in [1.29, 1.82) is 0 Å². The lowest BCUT2D eigenvalue weighted by atomic mass is 10.1. The molecule has 1 heterocycles. The summed E-state index contributed by atoms with van der Waals surface area (Å²) in [6.07, 6.45) is 0. The third-order valence-corrected chi connectivity index (χ3v) is 4.96. The first-order valence-corrected chi connectivity index (χ1v) is 10.0. The van der Waals surface area contributed by atoms with E-state index in [1.165, 1.54) is 12.1 Å². The molecule has 3 aromatic carbocycles. The number of fused-ring (bicyclic) bond motifs is 1. The normalized spacial score (nSPS) is 11.5. The number of carbonyl (C=O) groups excluding carboxylic acids is 1. The minimum atomic E-state index is -0.410. The van der Waals surface area contributed by atoms with Gasteiger partial charge in [-0.1, -0.05) is 33.6 Å². The molecule has 0 spiro atoms. The van der Waals surface area contributed by atoms with Crippen LogP contribution >= 0.6 is 27.5 Å². The molecular weight excluding hydrogens is 470 g/mol. The van der Waals surface area contributed by atoms with Crippen LogP contribution in [-0.4, -0.2) is 11.0 Å². The molecule has 6 nitrogen and oxygen atoms in total. The van der Waals surface area contributed by atoms with Gasteiger partial charge in [-0.15, -0.1) is 5.10 Å². The number of hydrogen-bond acceptors (Lipinski definition) is 5. The minimum absolute atomic E-state index is 0.0502. The van der Waals surface area contributed by atoms with Crippen LogP contribution in [0, 0.1) is 0 Å². The van der Waals surface area contributed by atoms with Crippen LogP contribution in [0.4, 0.5) is 11.4 Å². The first-order chi connectivity index (χ1) is 14.5. The fraction of sp³-hybridized carbons (Fsp3) is 0. The Morgan fingerprint density at radius 1 is 1.00 bits per heavy atom. The fourth-order valence-corrected chi connectivity index (χ4v) is 3.21. The van der Waals surface area contributed by atoms with Crippen LogP contribution in [-0.2, 0) is 0 Å². The largest absolute Gasteiger partial charge is 0.508 e. The van der Waals surface area contributed by atoms with Crippen molar-refractivity contribution < 1.29 is 14.3 Å². The van der Waals surface area contributed by atoms with E-state index in [0.29, 0.717) is 27.4 Å². The van der Waals surface area contributed by atoms with E-state index in [4.69, 9.17) is 16.0 Å². The molecule has 0 saturated carbocycles. The molecule has 1 amide bonds. The number of benzene rings is 3. The van der Waals surface area contributed by atoms with Gasteiger partial charge >= 0.3 is 0 Å². The Hall–Kier alpha value is -3.29. The number of hydrogen-bond donors (Lipinski definition) is 3. The monoisotopic (exact) mass is 483 g/mol. The van der Waals surface area contributed by atoms with Crippen molar-refractivity contribution in [3.05, 3.63) is 93.4 Å². The van der Waals surface area contributed by atoms with Crippen molar-refractivity contribution in [3.8, 4) is 5.75 Å². The second-order valence-electron chi connectivity index (χ2n) is 6.38. The number of anilines is 2. The summed E-state index contributed by atoms with van der Waals surface area (Å²) in [5.41, 5.74) is 4.82. The first-order valence-electron chi connectivity index (χ1n) is 8.87. The molecular formula is C22H15BrClN3O3. The average Bonchev–Trinajstić information content (AvgIpc) is 2.72. The molecule has 0 atom stereocenters. The lowest BCUT2D eigenvalue weighted by Crippen LogP contribution is -2.22. The zero-order valence-electron chi connectivity index (χ0n) is 15.4. The van der Waals surface area contributed by atoms with E-state index in [9.17, 15) is 9.90 Å². The highest BCUT2D eigenvalue weighted by Crippen LogP contribution is 2.21. The lowest BCUT2D eigenvalue weighted by Gasteiger charge is -2.08. The minimum Gasteiger partial charge on any atom is -0.508 e. The van der Waals surface area contributed by atoms with E-state index in [1.807, 2.05) is 24.3 Å². The van der Waals surface area contributed by atoms with Gasteiger partial charge in [0.25, 0.3) is 5.91 Å². The van der Waals surface area contributed by atoms with Crippen LogP contribution in [0.5, 0.6) is 5.75 Å². The van der Waals surface area contributed by atoms with Gasteiger partial charge in [0.1, 0.15) is 16.9 Å². The number of rotatable bonds is 4. The second-order valence-corrected chi connectivity index (χ2v) is 7.73. The average molecular weight is 485 g/mol. The topological polar surface area (TPSA) is 86.9 Å². The molecule has 150 valence electrons. The van der Waals surface area contributed by atoms with E-state index in [2.05, 4.69) is 31.8 Å². The van der Waals surface area contributed by atoms with Gasteiger partial charge in [0, 0.05) is 26.6 Å². The summed E-state index contributed by atoms with van der Waals surface area (Å²) in [7, 11) is 0. The predicted molar refractivity (Wildman–Crippen MR) is 121 cm³/mol. The summed E-state index contributed by atoms with van der Waals surface area (Å²) in [5, 5.41) is 18.0. The molecule has 4 rings (SSSR count). The maximum absolute atomic E-state index is 13.0. The molecule has 30 heavy (non-hydrogen) atoms. The summed E-state index contributed by atoms with van der Waals surface area (Å²) in [5.74, 6) is -0.360. The smallest absolute Gasteiger partial charge is 0.261 e. The summed E-state index contributed by atoms with van der Waals surface area (Å²) < 4.78 is 6.75. The van der Waals surface area contributed by atoms with Crippen LogP contribution in [0.25, 0.3) is 11.0 Å². The maximum atomic E-state index is 13.0. The molecule has 0 aliphatic heterocycles. The van der Waals surface area contributed by atoms with Gasteiger partial charge in [-0.2, -0.15) is 0 Å². The quantitative estimate of drug-likeness (QED) is 0.323. The van der Waals surface area contributed by atoms with Crippen LogP contribution in [0.3, 0.4) is 0 Å². The highest BCUT2D eigenvalue weighted by atomic mass is 79.9. The van der Waals surface area contributed by atoms with Gasteiger partial charge in [-0.05, 0) is 60.7 Å². The Labute approximate surface area is 184 Å².